The summed E-state index contributed by atoms with van der Waals surface area (Å²) in [5.74, 6) is 0.365. The normalized spacial score (nSPS) is 13.0. The van der Waals surface area contributed by atoms with Crippen molar-refractivity contribution in [1.29, 1.82) is 0 Å². The number of anilines is 2. The molecule has 1 N–H and O–H groups in total. The minimum Gasteiger partial charge on any atom is -0.497 e. The summed E-state index contributed by atoms with van der Waals surface area (Å²) in [6.45, 7) is 3.97. The zero-order valence-corrected chi connectivity index (χ0v) is 21.5. The van der Waals surface area contributed by atoms with Crippen LogP contribution in [0.5, 0.6) is 11.5 Å². The van der Waals surface area contributed by atoms with Gasteiger partial charge in [0.2, 0.25) is 0 Å². The first-order chi connectivity index (χ1) is 18.5. The summed E-state index contributed by atoms with van der Waals surface area (Å²) < 4.78 is 15.9. The number of carbonyl (C=O) groups excluding carboxylic acids is 3. The van der Waals surface area contributed by atoms with Gasteiger partial charge in [0.25, 0.3) is 11.8 Å². The third kappa shape index (κ3) is 6.61. The van der Waals surface area contributed by atoms with E-state index in [0.717, 1.165) is 5.69 Å². The lowest BCUT2D eigenvalue weighted by atomic mass is 10.1. The van der Waals surface area contributed by atoms with Crippen LogP contribution in [0.15, 0.2) is 72.8 Å². The van der Waals surface area contributed by atoms with E-state index in [1.165, 1.54) is 0 Å². The minimum absolute atomic E-state index is 0.00730. The van der Waals surface area contributed by atoms with Crippen LogP contribution in [0.4, 0.5) is 11.4 Å². The second kappa shape index (κ2) is 12.6. The molecule has 4 rings (SSSR count). The predicted octanol–water partition coefficient (Wildman–Crippen LogP) is 3.85. The second-order valence-electron chi connectivity index (χ2n) is 8.61. The number of nitrogens with one attached hydrogen (secondary N) is 1. The summed E-state index contributed by atoms with van der Waals surface area (Å²) >= 11 is 0. The van der Waals surface area contributed by atoms with Gasteiger partial charge in [0.1, 0.15) is 11.5 Å². The monoisotopic (exact) mass is 517 g/mol. The van der Waals surface area contributed by atoms with Gasteiger partial charge in [0, 0.05) is 31.7 Å². The standard InChI is InChI=1S/C29H31N3O6/c1-3-37-29(35)22-9-14-26(31-15-17-32(18-16-31)28(34)21-7-5-4-6-8-21)25(19-22)30-27(33)20-38-24-12-10-23(36-2)11-13-24/h4-14,19H,3,15-18,20H2,1-2H3,(H,30,33). The zero-order valence-electron chi connectivity index (χ0n) is 21.5. The Balaban J connectivity index is 1.45. The zero-order chi connectivity index (χ0) is 26.9. The first kappa shape index (κ1) is 26.5. The molecule has 1 saturated heterocycles. The summed E-state index contributed by atoms with van der Waals surface area (Å²) in [5.41, 5.74) is 2.22. The average molecular weight is 518 g/mol. The number of nitrogens with zero attached hydrogens (tertiary/aromatic N) is 2. The van der Waals surface area contributed by atoms with Crippen LogP contribution in [-0.4, -0.2) is 69.2 Å². The number of rotatable bonds is 9. The van der Waals surface area contributed by atoms with Crippen molar-refractivity contribution < 1.29 is 28.6 Å². The maximum Gasteiger partial charge on any atom is 0.338 e. The van der Waals surface area contributed by atoms with Crippen molar-refractivity contribution in [1.82, 2.24) is 4.90 Å². The summed E-state index contributed by atoms with van der Waals surface area (Å²) in [5, 5.41) is 2.88. The third-order valence-electron chi connectivity index (χ3n) is 6.14. The fourth-order valence-corrected chi connectivity index (χ4v) is 4.17. The number of benzene rings is 3. The molecular weight excluding hydrogens is 486 g/mol. The Kier molecular flexibility index (Phi) is 8.81. The van der Waals surface area contributed by atoms with Gasteiger partial charge in [0.05, 0.1) is 30.7 Å². The van der Waals surface area contributed by atoms with Crippen molar-refractivity contribution in [3.8, 4) is 11.5 Å². The molecule has 3 aromatic rings. The van der Waals surface area contributed by atoms with Gasteiger partial charge in [-0.15, -0.1) is 0 Å². The molecule has 9 heteroatoms. The van der Waals surface area contributed by atoms with Gasteiger partial charge in [-0.1, -0.05) is 18.2 Å². The Morgan fingerprint density at radius 2 is 1.53 bits per heavy atom. The molecule has 0 unspecified atom stereocenters. The lowest BCUT2D eigenvalue weighted by molar-refractivity contribution is -0.118. The van der Waals surface area contributed by atoms with Crippen LogP contribution in [0.1, 0.15) is 27.6 Å². The van der Waals surface area contributed by atoms with Crippen molar-refractivity contribution in [2.75, 3.05) is 56.7 Å². The van der Waals surface area contributed by atoms with E-state index in [1.54, 1.807) is 56.5 Å². The van der Waals surface area contributed by atoms with Crippen LogP contribution in [0.3, 0.4) is 0 Å². The van der Waals surface area contributed by atoms with Crippen LogP contribution in [0, 0.1) is 0 Å². The van der Waals surface area contributed by atoms with E-state index >= 15 is 0 Å². The molecule has 1 fully saturated rings. The molecule has 0 saturated carbocycles. The molecule has 38 heavy (non-hydrogen) atoms. The molecule has 3 aromatic carbocycles. The van der Waals surface area contributed by atoms with E-state index in [9.17, 15) is 14.4 Å². The quantitative estimate of drug-likeness (QED) is 0.431. The van der Waals surface area contributed by atoms with Crippen LogP contribution < -0.4 is 19.7 Å². The average Bonchev–Trinajstić information content (AvgIpc) is 2.96. The molecular formula is C29H31N3O6. The SMILES string of the molecule is CCOC(=O)c1ccc(N2CCN(C(=O)c3ccccc3)CC2)c(NC(=O)COc2ccc(OC)cc2)c1. The van der Waals surface area contributed by atoms with Gasteiger partial charge in [-0.05, 0) is 61.5 Å². The molecule has 0 spiro atoms. The Morgan fingerprint density at radius 3 is 2.18 bits per heavy atom. The Hall–Kier alpha value is -4.53. The smallest absolute Gasteiger partial charge is 0.338 e. The molecule has 0 atom stereocenters. The van der Waals surface area contributed by atoms with E-state index < -0.39 is 5.97 Å². The van der Waals surface area contributed by atoms with Crippen LogP contribution in [0.25, 0.3) is 0 Å². The molecule has 0 radical (unpaired) electrons. The van der Waals surface area contributed by atoms with E-state index in [2.05, 4.69) is 10.2 Å². The molecule has 1 aliphatic heterocycles. The summed E-state index contributed by atoms with van der Waals surface area (Å²) in [6.07, 6.45) is 0. The Morgan fingerprint density at radius 1 is 0.842 bits per heavy atom. The lowest BCUT2D eigenvalue weighted by Gasteiger charge is -2.37. The topological polar surface area (TPSA) is 97.4 Å². The summed E-state index contributed by atoms with van der Waals surface area (Å²) in [7, 11) is 1.58. The minimum atomic E-state index is -0.470. The molecule has 0 aliphatic carbocycles. The highest BCUT2D eigenvalue weighted by atomic mass is 16.5. The number of hydrogen-bond donors (Lipinski definition) is 1. The number of amides is 2. The van der Waals surface area contributed by atoms with Gasteiger partial charge >= 0.3 is 5.97 Å². The lowest BCUT2D eigenvalue weighted by Crippen LogP contribution is -2.49. The summed E-state index contributed by atoms with van der Waals surface area (Å²) in [6, 6.07) is 21.2. The maximum atomic E-state index is 12.8. The van der Waals surface area contributed by atoms with E-state index in [-0.39, 0.29) is 25.0 Å². The number of hydrogen-bond acceptors (Lipinski definition) is 7. The van der Waals surface area contributed by atoms with Gasteiger partial charge < -0.3 is 29.3 Å². The summed E-state index contributed by atoms with van der Waals surface area (Å²) in [4.78, 5) is 41.9. The van der Waals surface area contributed by atoms with Crippen molar-refractivity contribution in [2.24, 2.45) is 0 Å². The fourth-order valence-electron chi connectivity index (χ4n) is 4.17. The largest absolute Gasteiger partial charge is 0.497 e. The highest BCUT2D eigenvalue weighted by molar-refractivity contribution is 5.99. The van der Waals surface area contributed by atoms with E-state index in [1.807, 2.05) is 35.2 Å². The Labute approximate surface area is 221 Å². The number of carbonyl (C=O) groups is 3. The first-order valence-electron chi connectivity index (χ1n) is 12.5. The fraction of sp³-hybridized carbons (Fsp3) is 0.276. The van der Waals surface area contributed by atoms with E-state index in [0.29, 0.717) is 54.5 Å². The van der Waals surface area contributed by atoms with Crippen LogP contribution >= 0.6 is 0 Å². The van der Waals surface area contributed by atoms with Gasteiger partial charge in [-0.25, -0.2) is 4.79 Å². The number of methoxy groups -OCH3 is 1. The molecule has 1 aliphatic rings. The number of esters is 1. The van der Waals surface area contributed by atoms with Crippen LogP contribution in [-0.2, 0) is 9.53 Å². The number of ether oxygens (including phenoxy) is 3. The molecule has 1 heterocycles. The van der Waals surface area contributed by atoms with Crippen molar-refractivity contribution in [3.63, 3.8) is 0 Å². The van der Waals surface area contributed by atoms with E-state index in [4.69, 9.17) is 14.2 Å². The molecule has 2 amide bonds. The number of piperazine rings is 1. The maximum absolute atomic E-state index is 12.8. The highest BCUT2D eigenvalue weighted by Gasteiger charge is 2.24. The van der Waals surface area contributed by atoms with Crippen LogP contribution in [0.2, 0.25) is 0 Å². The van der Waals surface area contributed by atoms with Gasteiger partial charge in [0.15, 0.2) is 6.61 Å². The highest BCUT2D eigenvalue weighted by Crippen LogP contribution is 2.29. The van der Waals surface area contributed by atoms with Gasteiger partial charge in [-0.3, -0.25) is 9.59 Å². The van der Waals surface area contributed by atoms with Gasteiger partial charge in [-0.2, -0.15) is 0 Å². The van der Waals surface area contributed by atoms with Crippen molar-refractivity contribution >= 4 is 29.2 Å². The predicted molar refractivity (Wildman–Crippen MR) is 144 cm³/mol. The Bertz CT molecular complexity index is 1260. The molecule has 0 aromatic heterocycles. The van der Waals surface area contributed by atoms with Crippen molar-refractivity contribution in [2.45, 2.75) is 6.92 Å². The third-order valence-corrected chi connectivity index (χ3v) is 6.14. The van der Waals surface area contributed by atoms with Crippen molar-refractivity contribution in [3.05, 3.63) is 83.9 Å². The molecule has 198 valence electrons. The molecule has 9 nitrogen and oxygen atoms in total. The second-order valence-corrected chi connectivity index (χ2v) is 8.61. The first-order valence-corrected chi connectivity index (χ1v) is 12.5. The molecule has 0 bridgehead atoms.